The number of fused-ring (bicyclic) bond motifs is 1. The van der Waals surface area contributed by atoms with Gasteiger partial charge in [-0.25, -0.2) is 4.98 Å². The summed E-state index contributed by atoms with van der Waals surface area (Å²) in [5.74, 6) is -0.671. The second kappa shape index (κ2) is 7.17. The second-order valence-corrected chi connectivity index (χ2v) is 6.05. The first-order valence-electron chi connectivity index (χ1n) is 6.92. The van der Waals surface area contributed by atoms with E-state index in [1.54, 1.807) is 6.08 Å². The molecule has 1 aromatic carbocycles. The predicted molar refractivity (Wildman–Crippen MR) is 87.5 cm³/mol. The lowest BCUT2D eigenvalue weighted by Crippen LogP contribution is -2.40. The number of ether oxygens (including phenoxy) is 1. The van der Waals surface area contributed by atoms with E-state index in [-0.39, 0.29) is 18.5 Å². The van der Waals surface area contributed by atoms with Crippen molar-refractivity contribution in [2.45, 2.75) is 19.9 Å². The van der Waals surface area contributed by atoms with Gasteiger partial charge in [-0.15, -0.1) is 11.3 Å². The first-order chi connectivity index (χ1) is 10.5. The Hall–Kier alpha value is -2.21. The zero-order valence-corrected chi connectivity index (χ0v) is 13.6. The van der Waals surface area contributed by atoms with Crippen LogP contribution >= 0.6 is 11.3 Å². The van der Waals surface area contributed by atoms with Crippen molar-refractivity contribution in [1.29, 1.82) is 0 Å². The normalized spacial score (nSPS) is 11.3. The van der Waals surface area contributed by atoms with E-state index < -0.39 is 5.97 Å². The molecule has 6 heteroatoms. The minimum absolute atomic E-state index is 0.0583. The molecule has 0 aliphatic rings. The first-order valence-corrected chi connectivity index (χ1v) is 7.74. The molecule has 0 atom stereocenters. The van der Waals surface area contributed by atoms with E-state index in [0.717, 1.165) is 15.2 Å². The minimum Gasteiger partial charge on any atom is -0.468 e. The van der Waals surface area contributed by atoms with Gasteiger partial charge in [0.2, 0.25) is 5.91 Å². The van der Waals surface area contributed by atoms with Gasteiger partial charge in [0.05, 0.1) is 17.3 Å². The average Bonchev–Trinajstić information content (AvgIpc) is 2.92. The Morgan fingerprint density at radius 2 is 2.09 bits per heavy atom. The van der Waals surface area contributed by atoms with Gasteiger partial charge >= 0.3 is 5.97 Å². The molecule has 116 valence electrons. The number of methoxy groups -OCH3 is 1. The van der Waals surface area contributed by atoms with Crippen molar-refractivity contribution in [3.8, 4) is 0 Å². The van der Waals surface area contributed by atoms with Crippen LogP contribution in [0.2, 0.25) is 0 Å². The third kappa shape index (κ3) is 3.92. The van der Waals surface area contributed by atoms with Crippen LogP contribution in [-0.2, 0) is 14.3 Å². The number of aromatic nitrogens is 1. The summed E-state index contributed by atoms with van der Waals surface area (Å²) in [6, 6.07) is 7.71. The number of hydrogen-bond donors (Lipinski definition) is 0. The Morgan fingerprint density at radius 3 is 2.73 bits per heavy atom. The summed E-state index contributed by atoms with van der Waals surface area (Å²) in [5, 5.41) is 0.760. The van der Waals surface area contributed by atoms with Crippen LogP contribution in [-0.4, -0.2) is 41.5 Å². The molecule has 1 aromatic heterocycles. The smallest absolute Gasteiger partial charge is 0.325 e. The van der Waals surface area contributed by atoms with Gasteiger partial charge in [-0.05, 0) is 32.1 Å². The summed E-state index contributed by atoms with van der Waals surface area (Å²) in [6.45, 7) is 3.65. The van der Waals surface area contributed by atoms with Crippen molar-refractivity contribution < 1.29 is 14.3 Å². The number of esters is 1. The van der Waals surface area contributed by atoms with Crippen molar-refractivity contribution in [2.75, 3.05) is 13.7 Å². The first kappa shape index (κ1) is 16.2. The number of para-hydroxylation sites is 1. The van der Waals surface area contributed by atoms with Gasteiger partial charge in [0.1, 0.15) is 11.6 Å². The Morgan fingerprint density at radius 1 is 1.36 bits per heavy atom. The molecule has 0 spiro atoms. The molecule has 0 saturated carbocycles. The highest BCUT2D eigenvalue weighted by molar-refractivity contribution is 7.19. The third-order valence-corrected chi connectivity index (χ3v) is 4.11. The molecule has 0 bridgehead atoms. The number of carbonyl (C=O) groups is 2. The standard InChI is InChI=1S/C16H18N2O3S/c1-11(2)18(10-16(20)21-3)15(19)9-8-14-17-12-6-4-5-7-13(12)22-14/h4-9,11H,10H2,1-3H3. The Labute approximate surface area is 133 Å². The van der Waals surface area contributed by atoms with Crippen molar-refractivity contribution >= 4 is 39.5 Å². The molecule has 5 nitrogen and oxygen atoms in total. The summed E-state index contributed by atoms with van der Waals surface area (Å²) in [5.41, 5.74) is 0.912. The van der Waals surface area contributed by atoms with E-state index in [1.165, 1.54) is 29.4 Å². The van der Waals surface area contributed by atoms with Crippen molar-refractivity contribution in [3.63, 3.8) is 0 Å². The van der Waals surface area contributed by atoms with Gasteiger partial charge < -0.3 is 9.64 Å². The van der Waals surface area contributed by atoms with E-state index in [1.807, 2.05) is 38.1 Å². The minimum atomic E-state index is -0.435. The van der Waals surface area contributed by atoms with E-state index in [9.17, 15) is 9.59 Å². The summed E-state index contributed by atoms with van der Waals surface area (Å²) < 4.78 is 5.69. The maximum atomic E-state index is 12.2. The molecule has 0 aliphatic carbocycles. The van der Waals surface area contributed by atoms with Gasteiger partial charge in [0.25, 0.3) is 0 Å². The van der Waals surface area contributed by atoms with Crippen LogP contribution in [0.15, 0.2) is 30.3 Å². The lowest BCUT2D eigenvalue weighted by Gasteiger charge is -2.23. The van der Waals surface area contributed by atoms with Crippen LogP contribution in [0, 0.1) is 0 Å². The summed E-state index contributed by atoms with van der Waals surface area (Å²) in [4.78, 5) is 29.5. The number of hydrogen-bond acceptors (Lipinski definition) is 5. The predicted octanol–water partition coefficient (Wildman–Crippen LogP) is 2.72. The molecule has 2 rings (SSSR count). The van der Waals surface area contributed by atoms with Gasteiger partial charge in [0, 0.05) is 12.1 Å². The van der Waals surface area contributed by atoms with E-state index >= 15 is 0 Å². The highest BCUT2D eigenvalue weighted by Gasteiger charge is 2.18. The van der Waals surface area contributed by atoms with Crippen LogP contribution < -0.4 is 0 Å². The van der Waals surface area contributed by atoms with Crippen molar-refractivity contribution in [3.05, 3.63) is 35.3 Å². The quantitative estimate of drug-likeness (QED) is 0.628. The fraction of sp³-hybridized carbons (Fsp3) is 0.312. The summed E-state index contributed by atoms with van der Waals surface area (Å²) in [7, 11) is 1.31. The second-order valence-electron chi connectivity index (χ2n) is 4.99. The molecule has 0 radical (unpaired) electrons. The number of thiazole rings is 1. The fourth-order valence-corrected chi connectivity index (χ4v) is 2.79. The lowest BCUT2D eigenvalue weighted by molar-refractivity contribution is -0.146. The Balaban J connectivity index is 2.12. The topological polar surface area (TPSA) is 59.5 Å². The lowest BCUT2D eigenvalue weighted by atomic mass is 10.3. The number of carbonyl (C=O) groups excluding carboxylic acids is 2. The van der Waals surface area contributed by atoms with E-state index in [2.05, 4.69) is 9.72 Å². The van der Waals surface area contributed by atoms with Crippen LogP contribution in [0.4, 0.5) is 0 Å². The fourth-order valence-electron chi connectivity index (χ4n) is 1.92. The maximum Gasteiger partial charge on any atom is 0.325 e. The van der Waals surface area contributed by atoms with Crippen LogP contribution in [0.3, 0.4) is 0 Å². The number of benzene rings is 1. The summed E-state index contributed by atoms with van der Waals surface area (Å²) in [6.07, 6.45) is 3.13. The average molecular weight is 318 g/mol. The molecule has 2 aromatic rings. The van der Waals surface area contributed by atoms with Crippen LogP contribution in [0.25, 0.3) is 16.3 Å². The van der Waals surface area contributed by atoms with Crippen LogP contribution in [0.1, 0.15) is 18.9 Å². The van der Waals surface area contributed by atoms with Crippen molar-refractivity contribution in [2.24, 2.45) is 0 Å². The molecule has 1 heterocycles. The van der Waals surface area contributed by atoms with Crippen molar-refractivity contribution in [1.82, 2.24) is 9.88 Å². The zero-order chi connectivity index (χ0) is 16.1. The monoisotopic (exact) mass is 318 g/mol. The van der Waals surface area contributed by atoms with Gasteiger partial charge in [-0.3, -0.25) is 9.59 Å². The molecule has 22 heavy (non-hydrogen) atoms. The SMILES string of the molecule is COC(=O)CN(C(=O)C=Cc1nc2ccccc2s1)C(C)C. The summed E-state index contributed by atoms with van der Waals surface area (Å²) >= 11 is 1.52. The Bertz CT molecular complexity index is 673. The van der Waals surface area contributed by atoms with Crippen LogP contribution in [0.5, 0.6) is 0 Å². The molecule has 0 N–H and O–H groups in total. The maximum absolute atomic E-state index is 12.2. The molecular weight excluding hydrogens is 300 g/mol. The van der Waals surface area contributed by atoms with Gasteiger partial charge in [-0.1, -0.05) is 12.1 Å². The molecule has 0 fully saturated rings. The van der Waals surface area contributed by atoms with Gasteiger partial charge in [0.15, 0.2) is 0 Å². The largest absolute Gasteiger partial charge is 0.468 e. The number of amides is 1. The highest BCUT2D eigenvalue weighted by atomic mass is 32.1. The molecule has 0 saturated heterocycles. The Kier molecular flexibility index (Phi) is 5.27. The molecule has 1 amide bonds. The van der Waals surface area contributed by atoms with E-state index in [4.69, 9.17) is 0 Å². The number of rotatable bonds is 5. The molecular formula is C16H18N2O3S. The molecule has 0 unspecified atom stereocenters. The highest BCUT2D eigenvalue weighted by Crippen LogP contribution is 2.22. The van der Waals surface area contributed by atoms with E-state index in [0.29, 0.717) is 0 Å². The van der Waals surface area contributed by atoms with Gasteiger partial charge in [-0.2, -0.15) is 0 Å². The third-order valence-electron chi connectivity index (χ3n) is 3.11. The molecule has 0 aliphatic heterocycles. The zero-order valence-electron chi connectivity index (χ0n) is 12.8. The number of nitrogens with zero attached hydrogens (tertiary/aromatic N) is 2.